The minimum atomic E-state index is -0.157. The lowest BCUT2D eigenvalue weighted by Crippen LogP contribution is -2.27. The molecule has 41 heavy (non-hydrogen) atoms. The van der Waals surface area contributed by atoms with Crippen molar-refractivity contribution in [3.05, 3.63) is 101 Å². The number of aromatic nitrogens is 2. The van der Waals surface area contributed by atoms with Crippen molar-refractivity contribution < 1.29 is 9.59 Å². The van der Waals surface area contributed by atoms with E-state index in [4.69, 9.17) is 4.98 Å². The van der Waals surface area contributed by atoms with E-state index in [9.17, 15) is 9.59 Å². The summed E-state index contributed by atoms with van der Waals surface area (Å²) in [5, 5.41) is 6.34. The van der Waals surface area contributed by atoms with E-state index in [1.165, 1.54) is 0 Å². The van der Waals surface area contributed by atoms with E-state index in [1.54, 1.807) is 11.1 Å². The molecule has 0 radical (unpaired) electrons. The fourth-order valence-corrected chi connectivity index (χ4v) is 4.68. The zero-order chi connectivity index (χ0) is 29.6. The molecule has 3 aromatic carbocycles. The van der Waals surface area contributed by atoms with Crippen LogP contribution in [0.5, 0.6) is 0 Å². The van der Waals surface area contributed by atoms with Crippen molar-refractivity contribution >= 4 is 29.1 Å². The Balaban J connectivity index is 1.51. The van der Waals surface area contributed by atoms with Crippen molar-refractivity contribution in [1.29, 1.82) is 0 Å². The molecule has 0 unspecified atom stereocenters. The number of carbonyl (C=O) groups is 2. The zero-order valence-corrected chi connectivity index (χ0v) is 24.8. The SMILES string of the molecule is CCCCN(C)C(=O)c1ccc(Nc2nccc(-c3cccc(NC(=O)c4ccccc4C(C)(C)C)c3C)n2)cc1. The van der Waals surface area contributed by atoms with Crippen LogP contribution in [0.2, 0.25) is 0 Å². The predicted octanol–water partition coefficient (Wildman–Crippen LogP) is 7.62. The van der Waals surface area contributed by atoms with Gasteiger partial charge in [0.15, 0.2) is 0 Å². The van der Waals surface area contributed by atoms with Gasteiger partial charge in [0, 0.05) is 47.9 Å². The number of carbonyl (C=O) groups excluding carboxylic acids is 2. The summed E-state index contributed by atoms with van der Waals surface area (Å²) >= 11 is 0. The van der Waals surface area contributed by atoms with Crippen molar-refractivity contribution in [1.82, 2.24) is 14.9 Å². The van der Waals surface area contributed by atoms with Crippen LogP contribution in [0.25, 0.3) is 11.3 Å². The van der Waals surface area contributed by atoms with Crippen LogP contribution in [0.3, 0.4) is 0 Å². The Hall–Kier alpha value is -4.52. The molecule has 1 heterocycles. The minimum Gasteiger partial charge on any atom is -0.342 e. The van der Waals surface area contributed by atoms with Crippen LogP contribution >= 0.6 is 0 Å². The summed E-state index contributed by atoms with van der Waals surface area (Å²) in [5.41, 5.74) is 6.20. The normalized spacial score (nSPS) is 11.2. The summed E-state index contributed by atoms with van der Waals surface area (Å²) in [6.45, 7) is 11.1. The average molecular weight is 550 g/mol. The fraction of sp³-hybridized carbons (Fsp3) is 0.294. The number of rotatable bonds is 9. The number of nitrogens with one attached hydrogen (secondary N) is 2. The van der Waals surface area contributed by atoms with Crippen LogP contribution in [0, 0.1) is 6.92 Å². The molecule has 0 atom stereocenters. The van der Waals surface area contributed by atoms with Crippen LogP contribution < -0.4 is 10.6 Å². The molecule has 0 saturated heterocycles. The summed E-state index contributed by atoms with van der Waals surface area (Å²) in [6.07, 6.45) is 3.73. The minimum absolute atomic E-state index is 0.00703. The van der Waals surface area contributed by atoms with Crippen molar-refractivity contribution in [3.63, 3.8) is 0 Å². The molecule has 4 aromatic rings. The third-order valence-corrected chi connectivity index (χ3v) is 7.07. The van der Waals surface area contributed by atoms with Gasteiger partial charge in [0.05, 0.1) is 5.69 Å². The van der Waals surface area contributed by atoms with E-state index in [1.807, 2.05) is 86.8 Å². The molecule has 0 spiro atoms. The first kappa shape index (κ1) is 29.5. The molecule has 212 valence electrons. The second-order valence-corrected chi connectivity index (χ2v) is 11.3. The molecular weight excluding hydrogens is 510 g/mol. The highest BCUT2D eigenvalue weighted by atomic mass is 16.2. The van der Waals surface area contributed by atoms with Crippen LogP contribution in [0.15, 0.2) is 79.0 Å². The van der Waals surface area contributed by atoms with E-state index in [2.05, 4.69) is 43.3 Å². The van der Waals surface area contributed by atoms with Gasteiger partial charge in [0.25, 0.3) is 11.8 Å². The molecule has 2 amide bonds. The Kier molecular flexibility index (Phi) is 9.17. The van der Waals surface area contributed by atoms with Crippen molar-refractivity contribution in [3.8, 4) is 11.3 Å². The van der Waals surface area contributed by atoms with Gasteiger partial charge in [0.2, 0.25) is 5.95 Å². The van der Waals surface area contributed by atoms with Gasteiger partial charge in [-0.2, -0.15) is 0 Å². The molecule has 4 rings (SSSR count). The largest absolute Gasteiger partial charge is 0.342 e. The lowest BCUT2D eigenvalue weighted by atomic mass is 9.83. The highest BCUT2D eigenvalue weighted by Gasteiger charge is 2.22. The highest BCUT2D eigenvalue weighted by molar-refractivity contribution is 6.06. The van der Waals surface area contributed by atoms with Crippen LogP contribution in [-0.2, 0) is 5.41 Å². The molecule has 2 N–H and O–H groups in total. The summed E-state index contributed by atoms with van der Waals surface area (Å²) in [4.78, 5) is 36.8. The second-order valence-electron chi connectivity index (χ2n) is 11.3. The zero-order valence-electron chi connectivity index (χ0n) is 24.8. The number of benzene rings is 3. The van der Waals surface area contributed by atoms with Gasteiger partial charge >= 0.3 is 0 Å². The summed E-state index contributed by atoms with van der Waals surface area (Å²) < 4.78 is 0. The number of nitrogens with zero attached hydrogens (tertiary/aromatic N) is 3. The lowest BCUT2D eigenvalue weighted by molar-refractivity contribution is 0.0793. The molecular formula is C34H39N5O2. The maximum atomic E-state index is 13.3. The van der Waals surface area contributed by atoms with Crippen molar-refractivity contribution in [2.75, 3.05) is 24.2 Å². The number of hydrogen-bond donors (Lipinski definition) is 2. The number of hydrogen-bond acceptors (Lipinski definition) is 5. The maximum absolute atomic E-state index is 13.3. The van der Waals surface area contributed by atoms with E-state index < -0.39 is 0 Å². The molecule has 7 heteroatoms. The number of unbranched alkanes of at least 4 members (excludes halogenated alkanes) is 1. The van der Waals surface area contributed by atoms with Crippen LogP contribution in [-0.4, -0.2) is 40.3 Å². The summed E-state index contributed by atoms with van der Waals surface area (Å²) in [7, 11) is 1.83. The third kappa shape index (κ3) is 7.17. The topological polar surface area (TPSA) is 87.2 Å². The Morgan fingerprint density at radius 1 is 0.927 bits per heavy atom. The molecule has 0 saturated carbocycles. The average Bonchev–Trinajstić information content (AvgIpc) is 2.96. The Morgan fingerprint density at radius 3 is 2.37 bits per heavy atom. The van der Waals surface area contributed by atoms with E-state index in [-0.39, 0.29) is 17.2 Å². The number of amides is 2. The van der Waals surface area contributed by atoms with Gasteiger partial charge in [-0.15, -0.1) is 0 Å². The Labute approximate surface area is 243 Å². The first-order valence-corrected chi connectivity index (χ1v) is 14.0. The number of anilines is 3. The summed E-state index contributed by atoms with van der Waals surface area (Å²) in [6, 6.07) is 22.7. The van der Waals surface area contributed by atoms with Crippen LogP contribution in [0.1, 0.15) is 72.4 Å². The molecule has 1 aromatic heterocycles. The molecule has 0 fully saturated rings. The molecule has 0 aliphatic heterocycles. The lowest BCUT2D eigenvalue weighted by Gasteiger charge is -2.22. The van der Waals surface area contributed by atoms with Gasteiger partial charge in [0.1, 0.15) is 0 Å². The summed E-state index contributed by atoms with van der Waals surface area (Å²) in [5.74, 6) is 0.307. The maximum Gasteiger partial charge on any atom is 0.255 e. The molecule has 0 aliphatic rings. The van der Waals surface area contributed by atoms with E-state index in [0.29, 0.717) is 17.1 Å². The molecule has 0 aliphatic carbocycles. The van der Waals surface area contributed by atoms with Gasteiger partial charge in [-0.05, 0) is 72.4 Å². The van der Waals surface area contributed by atoms with E-state index in [0.717, 1.165) is 53.1 Å². The van der Waals surface area contributed by atoms with Gasteiger partial charge < -0.3 is 15.5 Å². The van der Waals surface area contributed by atoms with E-state index >= 15 is 0 Å². The van der Waals surface area contributed by atoms with Crippen molar-refractivity contribution in [2.45, 2.75) is 52.9 Å². The molecule has 7 nitrogen and oxygen atoms in total. The first-order valence-electron chi connectivity index (χ1n) is 14.0. The fourth-order valence-electron chi connectivity index (χ4n) is 4.68. The highest BCUT2D eigenvalue weighted by Crippen LogP contribution is 2.30. The Morgan fingerprint density at radius 2 is 1.66 bits per heavy atom. The smallest absolute Gasteiger partial charge is 0.255 e. The second kappa shape index (κ2) is 12.8. The van der Waals surface area contributed by atoms with Gasteiger partial charge in [-0.25, -0.2) is 9.97 Å². The first-order chi connectivity index (χ1) is 19.6. The third-order valence-electron chi connectivity index (χ3n) is 7.07. The standard InChI is InChI=1S/C34H39N5O2/c1-7-8-22-39(6)32(41)24-16-18-25(19-17-24)36-33-35-21-20-30(38-33)26-13-11-15-29(23(26)2)37-31(40)27-12-9-10-14-28(27)34(3,4)5/h9-21H,7-8,22H2,1-6H3,(H,37,40)(H,35,36,38). The predicted molar refractivity (Wildman–Crippen MR) is 167 cm³/mol. The molecule has 0 bridgehead atoms. The van der Waals surface area contributed by atoms with Gasteiger partial charge in [-0.1, -0.05) is 64.4 Å². The quantitative estimate of drug-likeness (QED) is 0.224. The van der Waals surface area contributed by atoms with Gasteiger partial charge in [-0.3, -0.25) is 9.59 Å². The van der Waals surface area contributed by atoms with Crippen molar-refractivity contribution in [2.24, 2.45) is 0 Å². The van der Waals surface area contributed by atoms with Crippen LogP contribution in [0.4, 0.5) is 17.3 Å². The Bertz CT molecular complexity index is 1520. The monoisotopic (exact) mass is 549 g/mol.